The van der Waals surface area contributed by atoms with E-state index >= 15 is 8.78 Å². The van der Waals surface area contributed by atoms with E-state index in [4.69, 9.17) is 18.9 Å². The predicted octanol–water partition coefficient (Wildman–Crippen LogP) is 5.20. The number of esters is 2. The van der Waals surface area contributed by atoms with Gasteiger partial charge in [0.05, 0.1) is 65.6 Å². The molecule has 0 unspecified atom stereocenters. The average Bonchev–Trinajstić information content (AvgIpc) is 3.45. The van der Waals surface area contributed by atoms with Gasteiger partial charge in [0.15, 0.2) is 0 Å². The van der Waals surface area contributed by atoms with Crippen LogP contribution in [0.1, 0.15) is 33.6 Å². The molecule has 0 saturated heterocycles. The van der Waals surface area contributed by atoms with Crippen LogP contribution in [0.3, 0.4) is 0 Å². The molecular formula is C33H35F5N2O8. The Bertz CT molecular complexity index is 1860. The van der Waals surface area contributed by atoms with Crippen molar-refractivity contribution < 1.29 is 60.7 Å². The van der Waals surface area contributed by atoms with Crippen molar-refractivity contribution in [2.45, 2.75) is 51.4 Å². The zero-order valence-electron chi connectivity index (χ0n) is 26.7. The van der Waals surface area contributed by atoms with Crippen LogP contribution < -0.4 is 9.47 Å². The monoisotopic (exact) mass is 682 g/mol. The maximum absolute atomic E-state index is 16.8. The van der Waals surface area contributed by atoms with Gasteiger partial charge in [0.25, 0.3) is 5.92 Å². The summed E-state index contributed by atoms with van der Waals surface area (Å²) in [6.45, 7) is 3.75. The van der Waals surface area contributed by atoms with Gasteiger partial charge in [-0.2, -0.15) is 13.2 Å². The number of aliphatic hydroxyl groups excluding tert-OH is 2. The van der Waals surface area contributed by atoms with Gasteiger partial charge in [-0.3, -0.25) is 9.59 Å². The number of fused-ring (bicyclic) bond motifs is 2. The molecule has 0 atom stereocenters. The Morgan fingerprint density at radius 2 is 1.48 bits per heavy atom. The van der Waals surface area contributed by atoms with E-state index in [0.717, 1.165) is 37.2 Å². The molecule has 0 amide bonds. The van der Waals surface area contributed by atoms with E-state index in [2.05, 4.69) is 6.58 Å². The Morgan fingerprint density at radius 1 is 0.875 bits per heavy atom. The van der Waals surface area contributed by atoms with Crippen molar-refractivity contribution in [2.24, 2.45) is 0 Å². The molecule has 2 N–H and O–H groups in total. The first-order valence-electron chi connectivity index (χ1n) is 14.6. The van der Waals surface area contributed by atoms with Crippen LogP contribution in [0.5, 0.6) is 11.5 Å². The zero-order chi connectivity index (χ0) is 35.6. The Balaban J connectivity index is 2.06. The second-order valence-electron chi connectivity index (χ2n) is 10.8. The minimum Gasteiger partial charge on any atom is -0.496 e. The average molecular weight is 683 g/mol. The van der Waals surface area contributed by atoms with Crippen molar-refractivity contribution >= 4 is 33.7 Å². The molecule has 15 heteroatoms. The first kappa shape index (κ1) is 36.2. The van der Waals surface area contributed by atoms with Crippen molar-refractivity contribution in [1.82, 2.24) is 9.13 Å². The van der Waals surface area contributed by atoms with Crippen LogP contribution in [0.25, 0.3) is 21.8 Å². The van der Waals surface area contributed by atoms with Crippen molar-refractivity contribution in [1.29, 1.82) is 0 Å². The Labute approximate surface area is 271 Å². The van der Waals surface area contributed by atoms with Gasteiger partial charge in [0.2, 0.25) is 0 Å². The highest BCUT2D eigenvalue weighted by Gasteiger charge is 2.42. The first-order chi connectivity index (χ1) is 22.7. The summed E-state index contributed by atoms with van der Waals surface area (Å²) in [6.07, 6.45) is -6.33. The summed E-state index contributed by atoms with van der Waals surface area (Å²) >= 11 is 0. The van der Waals surface area contributed by atoms with Gasteiger partial charge in [-0.15, -0.1) is 0 Å². The third-order valence-electron chi connectivity index (χ3n) is 8.21. The molecule has 10 nitrogen and oxygen atoms in total. The highest BCUT2D eigenvalue weighted by molar-refractivity contribution is 5.94. The fraction of sp³-hybridized carbons (Fsp3) is 0.394. The molecule has 0 aliphatic carbocycles. The third-order valence-corrected chi connectivity index (χ3v) is 8.21. The molecule has 2 aromatic carbocycles. The summed E-state index contributed by atoms with van der Waals surface area (Å²) in [5, 5.41) is 19.4. The number of benzene rings is 2. The van der Waals surface area contributed by atoms with E-state index in [0.29, 0.717) is 16.6 Å². The summed E-state index contributed by atoms with van der Waals surface area (Å²) in [4.78, 5) is 24.8. The van der Waals surface area contributed by atoms with E-state index in [1.54, 1.807) is 11.5 Å². The highest BCUT2D eigenvalue weighted by atomic mass is 19.4. The maximum atomic E-state index is 16.8. The summed E-state index contributed by atoms with van der Waals surface area (Å²) < 4.78 is 99.8. The molecule has 2 heterocycles. The van der Waals surface area contributed by atoms with Crippen LogP contribution in [0.2, 0.25) is 0 Å². The molecular weight excluding hydrogens is 647 g/mol. The number of hydrogen-bond acceptors (Lipinski definition) is 8. The van der Waals surface area contributed by atoms with E-state index in [1.165, 1.54) is 19.2 Å². The van der Waals surface area contributed by atoms with Gasteiger partial charge >= 0.3 is 18.1 Å². The normalized spacial score (nSPS) is 12.1. The van der Waals surface area contributed by atoms with Crippen LogP contribution in [0, 0.1) is 6.92 Å². The summed E-state index contributed by atoms with van der Waals surface area (Å²) in [7, 11) is 3.24. The molecule has 0 aliphatic heterocycles. The lowest BCUT2D eigenvalue weighted by atomic mass is 9.95. The standard InChI is InChI=1S/C33H35F5N2O8/c1-6-48-27-13-20-19(14-28(43)46-4)18(2)39(9-11-41)24(20)16-22(27)32(34,35)17-25-21(15-29(44)47-5)30-23(40(25)10-12-42)7-8-26(45-3)31(30)33(36,37)38/h6-8,13,16,41-42H,1,9-12,14-15,17H2,2-5H3. The van der Waals surface area contributed by atoms with Gasteiger partial charge in [0, 0.05) is 46.3 Å². The summed E-state index contributed by atoms with van der Waals surface area (Å²) in [5.74, 6) is -6.40. The molecule has 0 spiro atoms. The van der Waals surface area contributed by atoms with Crippen LogP contribution in [-0.2, 0) is 63.5 Å². The number of aliphatic hydroxyl groups is 2. The van der Waals surface area contributed by atoms with E-state index in [-0.39, 0.29) is 54.2 Å². The highest BCUT2D eigenvalue weighted by Crippen LogP contribution is 2.47. The Hall–Kier alpha value is -4.63. The minimum atomic E-state index is -5.02. The Morgan fingerprint density at radius 3 is 2.02 bits per heavy atom. The molecule has 0 radical (unpaired) electrons. The lowest BCUT2D eigenvalue weighted by Crippen LogP contribution is -2.22. The van der Waals surface area contributed by atoms with Gasteiger partial charge in [-0.05, 0) is 42.3 Å². The number of ether oxygens (including phenoxy) is 4. The van der Waals surface area contributed by atoms with Crippen LogP contribution in [0.4, 0.5) is 22.0 Å². The number of rotatable bonds is 14. The van der Waals surface area contributed by atoms with E-state index in [9.17, 15) is 33.0 Å². The number of methoxy groups -OCH3 is 3. The SMILES string of the molecule is C=COc1cc2c(CC(=O)OC)c(C)n(CCO)c2cc1C(F)(F)Cc1c(CC(=O)OC)c2c(C(F)(F)F)c(OC)ccc2n1CCO. The van der Waals surface area contributed by atoms with Gasteiger partial charge in [0.1, 0.15) is 17.1 Å². The maximum Gasteiger partial charge on any atom is 0.420 e. The first-order valence-corrected chi connectivity index (χ1v) is 14.6. The van der Waals surface area contributed by atoms with Crippen LogP contribution in [-0.4, -0.2) is 65.8 Å². The second kappa shape index (κ2) is 14.2. The fourth-order valence-electron chi connectivity index (χ4n) is 6.15. The van der Waals surface area contributed by atoms with Gasteiger partial charge in [-0.25, -0.2) is 8.78 Å². The van der Waals surface area contributed by atoms with Crippen molar-refractivity contribution in [3.8, 4) is 11.5 Å². The summed E-state index contributed by atoms with van der Waals surface area (Å²) in [6, 6.07) is 4.70. The number of halogens is 5. The minimum absolute atomic E-state index is 0.00769. The van der Waals surface area contributed by atoms with Crippen LogP contribution in [0.15, 0.2) is 37.1 Å². The zero-order valence-corrected chi connectivity index (χ0v) is 26.7. The number of nitrogens with zero attached hydrogens (tertiary/aromatic N) is 2. The molecule has 0 bridgehead atoms. The van der Waals surface area contributed by atoms with Gasteiger partial charge < -0.3 is 38.3 Å². The quantitative estimate of drug-likeness (QED) is 0.106. The number of carbonyl (C=O) groups excluding carboxylic acids is 2. The topological polar surface area (TPSA) is 121 Å². The molecule has 0 fully saturated rings. The number of alkyl halides is 5. The van der Waals surface area contributed by atoms with E-state index in [1.807, 2.05) is 0 Å². The molecule has 48 heavy (non-hydrogen) atoms. The third kappa shape index (κ3) is 6.69. The molecule has 4 aromatic rings. The molecule has 2 aromatic heterocycles. The number of aromatic nitrogens is 2. The fourth-order valence-corrected chi connectivity index (χ4v) is 6.15. The second-order valence-corrected chi connectivity index (χ2v) is 10.8. The Kier molecular flexibility index (Phi) is 10.7. The van der Waals surface area contributed by atoms with Crippen molar-refractivity contribution in [3.05, 3.63) is 70.7 Å². The van der Waals surface area contributed by atoms with Crippen molar-refractivity contribution in [2.75, 3.05) is 34.5 Å². The largest absolute Gasteiger partial charge is 0.496 e. The predicted molar refractivity (Wildman–Crippen MR) is 164 cm³/mol. The number of carbonyl (C=O) groups is 2. The van der Waals surface area contributed by atoms with Crippen molar-refractivity contribution in [3.63, 3.8) is 0 Å². The molecule has 0 aliphatic rings. The lowest BCUT2D eigenvalue weighted by molar-refractivity contribution is -0.140. The van der Waals surface area contributed by atoms with E-state index < -0.39 is 65.7 Å². The molecule has 4 rings (SSSR count). The summed E-state index contributed by atoms with van der Waals surface area (Å²) in [5.41, 5.74) is -1.65. The molecule has 0 saturated carbocycles. The number of hydrogen-bond donors (Lipinski definition) is 2. The van der Waals surface area contributed by atoms with Gasteiger partial charge in [-0.1, -0.05) is 6.58 Å². The molecule has 260 valence electrons. The van der Waals surface area contributed by atoms with Crippen LogP contribution >= 0.6 is 0 Å². The smallest absolute Gasteiger partial charge is 0.420 e. The lowest BCUT2D eigenvalue weighted by Gasteiger charge is -2.22.